The maximum Gasteiger partial charge on any atom is 0.127 e. The van der Waals surface area contributed by atoms with Crippen LogP contribution in [0.2, 0.25) is 0 Å². The summed E-state index contributed by atoms with van der Waals surface area (Å²) in [6.45, 7) is 1.92. The Morgan fingerprint density at radius 2 is 1.81 bits per heavy atom. The molecule has 0 fully saturated rings. The molecule has 0 N–H and O–H groups in total. The van der Waals surface area contributed by atoms with Crippen LogP contribution < -0.4 is 0 Å². The van der Waals surface area contributed by atoms with E-state index in [-0.39, 0.29) is 5.92 Å². The normalized spacial score (nSPS) is 12.6. The summed E-state index contributed by atoms with van der Waals surface area (Å²) in [7, 11) is 0. The van der Waals surface area contributed by atoms with Gasteiger partial charge in [0.25, 0.3) is 0 Å². The van der Waals surface area contributed by atoms with Crippen molar-refractivity contribution in [3.63, 3.8) is 0 Å². The zero-order valence-corrected chi connectivity index (χ0v) is 10.3. The van der Waals surface area contributed by atoms with Crippen LogP contribution in [0, 0.1) is 0 Å². The quantitative estimate of drug-likeness (QED) is 0.588. The number of hydrogen-bond donors (Lipinski definition) is 0. The third-order valence-electron chi connectivity index (χ3n) is 2.80. The van der Waals surface area contributed by atoms with Crippen LogP contribution in [0.25, 0.3) is 10.8 Å². The van der Waals surface area contributed by atoms with E-state index in [1.165, 1.54) is 15.7 Å². The summed E-state index contributed by atoms with van der Waals surface area (Å²) in [6.07, 6.45) is 3.06. The molecule has 0 bridgehead atoms. The molecule has 1 nitrogen and oxygen atoms in total. The summed E-state index contributed by atoms with van der Waals surface area (Å²) in [6, 6.07) is 12.6. The number of fused-ring (bicyclic) bond motifs is 1. The Morgan fingerprint density at radius 3 is 2.50 bits per heavy atom. The van der Waals surface area contributed by atoms with E-state index in [1.807, 2.05) is 13.0 Å². The molecule has 0 heterocycles. The van der Waals surface area contributed by atoms with Gasteiger partial charge in [-0.15, -0.1) is 11.8 Å². The predicted octanol–water partition coefficient (Wildman–Crippen LogP) is 3.86. The smallest absolute Gasteiger partial charge is 0.127 e. The minimum atomic E-state index is -0.0235. The van der Waals surface area contributed by atoms with E-state index in [1.54, 1.807) is 11.8 Å². The predicted molar refractivity (Wildman–Crippen MR) is 70.2 cm³/mol. The van der Waals surface area contributed by atoms with E-state index in [2.05, 4.69) is 36.6 Å². The molecule has 2 heteroatoms. The van der Waals surface area contributed by atoms with Gasteiger partial charge in [0.1, 0.15) is 6.29 Å². The SMILES string of the molecule is CSc1ccc2cc(C(C)C=O)ccc2c1. The van der Waals surface area contributed by atoms with E-state index < -0.39 is 0 Å². The number of carbonyl (C=O) groups excluding carboxylic acids is 1. The second-order valence-electron chi connectivity index (χ2n) is 3.90. The highest BCUT2D eigenvalue weighted by Gasteiger charge is 2.04. The lowest BCUT2D eigenvalue weighted by molar-refractivity contribution is -0.108. The molecule has 0 radical (unpaired) electrons. The third-order valence-corrected chi connectivity index (χ3v) is 3.53. The molecule has 1 unspecified atom stereocenters. The molecule has 2 aromatic rings. The Hall–Kier alpha value is -1.28. The summed E-state index contributed by atoms with van der Waals surface area (Å²) < 4.78 is 0. The van der Waals surface area contributed by atoms with Crippen LogP contribution in [0.4, 0.5) is 0 Å². The van der Waals surface area contributed by atoms with E-state index >= 15 is 0 Å². The standard InChI is InChI=1S/C14H14OS/c1-10(9-15)11-3-4-13-8-14(16-2)6-5-12(13)7-11/h3-10H,1-2H3. The maximum absolute atomic E-state index is 10.7. The van der Waals surface area contributed by atoms with Gasteiger partial charge in [-0.1, -0.05) is 31.2 Å². The molecule has 2 aromatic carbocycles. The van der Waals surface area contributed by atoms with Crippen LogP contribution in [0.15, 0.2) is 41.3 Å². The van der Waals surface area contributed by atoms with Crippen molar-refractivity contribution in [2.24, 2.45) is 0 Å². The minimum Gasteiger partial charge on any atom is -0.303 e. The third kappa shape index (κ3) is 2.12. The molecule has 1 atom stereocenters. The largest absolute Gasteiger partial charge is 0.303 e. The van der Waals surface area contributed by atoms with Crippen LogP contribution in [-0.2, 0) is 4.79 Å². The molecule has 0 aliphatic heterocycles. The van der Waals surface area contributed by atoms with Gasteiger partial charge in [-0.05, 0) is 34.7 Å². The van der Waals surface area contributed by atoms with Gasteiger partial charge in [0, 0.05) is 10.8 Å². The molecule has 82 valence electrons. The lowest BCUT2D eigenvalue weighted by Gasteiger charge is -2.06. The van der Waals surface area contributed by atoms with E-state index in [0.717, 1.165) is 11.8 Å². The zero-order valence-electron chi connectivity index (χ0n) is 9.44. The lowest BCUT2D eigenvalue weighted by Crippen LogP contribution is -1.93. The lowest BCUT2D eigenvalue weighted by atomic mass is 9.99. The van der Waals surface area contributed by atoms with Crippen molar-refractivity contribution >= 4 is 28.8 Å². The van der Waals surface area contributed by atoms with Crippen molar-refractivity contribution in [1.82, 2.24) is 0 Å². The van der Waals surface area contributed by atoms with Crippen LogP contribution in [-0.4, -0.2) is 12.5 Å². The molecule has 0 amide bonds. The minimum absolute atomic E-state index is 0.0235. The first kappa shape index (κ1) is 11.2. The number of benzene rings is 2. The highest BCUT2D eigenvalue weighted by Crippen LogP contribution is 2.24. The second-order valence-corrected chi connectivity index (χ2v) is 4.78. The molecule has 2 rings (SSSR count). The fraction of sp³-hybridized carbons (Fsp3) is 0.214. The molecule has 0 aliphatic carbocycles. The second kappa shape index (κ2) is 4.71. The number of hydrogen-bond acceptors (Lipinski definition) is 2. The first-order valence-corrected chi connectivity index (χ1v) is 6.50. The number of thioether (sulfide) groups is 1. The average Bonchev–Trinajstić information content (AvgIpc) is 2.36. The molecular formula is C14H14OS. The van der Waals surface area contributed by atoms with Gasteiger partial charge in [-0.3, -0.25) is 0 Å². The number of aldehydes is 1. The van der Waals surface area contributed by atoms with Gasteiger partial charge in [0.05, 0.1) is 0 Å². The molecule has 0 saturated carbocycles. The fourth-order valence-corrected chi connectivity index (χ4v) is 2.18. The van der Waals surface area contributed by atoms with Crippen LogP contribution in [0.5, 0.6) is 0 Å². The molecule has 16 heavy (non-hydrogen) atoms. The highest BCUT2D eigenvalue weighted by atomic mass is 32.2. The summed E-state index contributed by atoms with van der Waals surface area (Å²) >= 11 is 1.74. The van der Waals surface area contributed by atoms with Crippen molar-refractivity contribution in [3.05, 3.63) is 42.0 Å². The maximum atomic E-state index is 10.7. The first-order chi connectivity index (χ1) is 7.74. The molecular weight excluding hydrogens is 216 g/mol. The first-order valence-electron chi connectivity index (χ1n) is 5.27. The Kier molecular flexibility index (Phi) is 3.30. The average molecular weight is 230 g/mol. The van der Waals surface area contributed by atoms with Crippen molar-refractivity contribution in [2.45, 2.75) is 17.7 Å². The van der Waals surface area contributed by atoms with Crippen molar-refractivity contribution < 1.29 is 4.79 Å². The van der Waals surface area contributed by atoms with Crippen molar-refractivity contribution in [2.75, 3.05) is 6.26 Å². The Bertz CT molecular complexity index is 519. The van der Waals surface area contributed by atoms with Gasteiger partial charge in [-0.2, -0.15) is 0 Å². The molecule has 0 spiro atoms. The number of carbonyl (C=O) groups is 1. The Balaban J connectivity index is 2.51. The van der Waals surface area contributed by atoms with Crippen LogP contribution in [0.1, 0.15) is 18.4 Å². The number of rotatable bonds is 3. The van der Waals surface area contributed by atoms with Crippen molar-refractivity contribution in [3.8, 4) is 0 Å². The monoisotopic (exact) mass is 230 g/mol. The van der Waals surface area contributed by atoms with E-state index in [4.69, 9.17) is 0 Å². The van der Waals surface area contributed by atoms with E-state index in [9.17, 15) is 4.79 Å². The van der Waals surface area contributed by atoms with Crippen LogP contribution >= 0.6 is 11.8 Å². The van der Waals surface area contributed by atoms with Crippen molar-refractivity contribution in [1.29, 1.82) is 0 Å². The van der Waals surface area contributed by atoms with E-state index in [0.29, 0.717) is 0 Å². The summed E-state index contributed by atoms with van der Waals surface area (Å²) in [5, 5.41) is 2.43. The zero-order chi connectivity index (χ0) is 11.5. The van der Waals surface area contributed by atoms with Gasteiger partial charge in [0.15, 0.2) is 0 Å². The topological polar surface area (TPSA) is 17.1 Å². The van der Waals surface area contributed by atoms with Gasteiger partial charge < -0.3 is 4.79 Å². The Labute approximate surface area is 99.9 Å². The fourth-order valence-electron chi connectivity index (χ4n) is 1.73. The van der Waals surface area contributed by atoms with Gasteiger partial charge in [0.2, 0.25) is 0 Å². The summed E-state index contributed by atoms with van der Waals surface area (Å²) in [4.78, 5) is 12.0. The molecule has 0 aromatic heterocycles. The van der Waals surface area contributed by atoms with Gasteiger partial charge >= 0.3 is 0 Å². The van der Waals surface area contributed by atoms with Crippen LogP contribution in [0.3, 0.4) is 0 Å². The summed E-state index contributed by atoms with van der Waals surface area (Å²) in [5.41, 5.74) is 1.08. The Morgan fingerprint density at radius 1 is 1.12 bits per heavy atom. The highest BCUT2D eigenvalue weighted by molar-refractivity contribution is 7.98. The van der Waals surface area contributed by atoms with Gasteiger partial charge in [-0.25, -0.2) is 0 Å². The molecule has 0 saturated heterocycles. The molecule has 0 aliphatic rings. The summed E-state index contributed by atoms with van der Waals surface area (Å²) in [5.74, 6) is -0.0235.